The Labute approximate surface area is 319 Å². The molecule has 2 aromatic rings. The van der Waals surface area contributed by atoms with E-state index in [1.165, 1.54) is 25.0 Å². The van der Waals surface area contributed by atoms with E-state index < -0.39 is 23.8 Å². The lowest BCUT2D eigenvalue weighted by atomic mass is 9.88. The number of piperidine rings is 2. The number of hydrazine groups is 2. The zero-order valence-electron chi connectivity index (χ0n) is 32.6. The third-order valence-corrected chi connectivity index (χ3v) is 9.92. The Morgan fingerprint density at radius 3 is 1.50 bits per heavy atom. The Morgan fingerprint density at radius 1 is 0.593 bits per heavy atom. The fourth-order valence-electron chi connectivity index (χ4n) is 7.17. The van der Waals surface area contributed by atoms with Crippen molar-refractivity contribution in [2.75, 3.05) is 117 Å². The molecular weight excluding hydrogens is 692 g/mol. The molecule has 16 heteroatoms. The third-order valence-electron chi connectivity index (χ3n) is 9.92. The lowest BCUT2D eigenvalue weighted by molar-refractivity contribution is 0.0684. The molecule has 54 heavy (non-hydrogen) atoms. The first kappa shape index (κ1) is 42.7. The van der Waals surface area contributed by atoms with Crippen LogP contribution in [0.5, 0.6) is 0 Å². The molecule has 0 radical (unpaired) electrons. The molecule has 0 aliphatic carbocycles. The van der Waals surface area contributed by atoms with Crippen LogP contribution in [0.2, 0.25) is 0 Å². The van der Waals surface area contributed by atoms with E-state index in [4.69, 9.17) is 0 Å². The summed E-state index contributed by atoms with van der Waals surface area (Å²) < 4.78 is 0. The van der Waals surface area contributed by atoms with Crippen molar-refractivity contribution in [1.82, 2.24) is 41.3 Å². The lowest BCUT2D eigenvalue weighted by Crippen LogP contribution is -2.40. The van der Waals surface area contributed by atoms with Crippen molar-refractivity contribution >= 4 is 45.9 Å². The van der Waals surface area contributed by atoms with Crippen molar-refractivity contribution in [3.05, 3.63) is 34.4 Å². The molecule has 0 spiro atoms. The zero-order chi connectivity index (χ0) is 39.0. The highest BCUT2D eigenvalue weighted by Crippen LogP contribution is 2.39. The number of likely N-dealkylation sites (tertiary alicyclic amines) is 2. The van der Waals surface area contributed by atoms with Gasteiger partial charge >= 0.3 is 11.9 Å². The number of hydrogen-bond donors (Lipinski definition) is 8. The lowest BCUT2D eigenvalue weighted by Gasteiger charge is -2.27. The van der Waals surface area contributed by atoms with Crippen molar-refractivity contribution in [3.63, 3.8) is 0 Å². The maximum Gasteiger partial charge on any atom is 0.338 e. The van der Waals surface area contributed by atoms with Crippen molar-refractivity contribution in [3.8, 4) is 0 Å². The highest BCUT2D eigenvalue weighted by atomic mass is 16.4. The molecule has 0 aromatic heterocycles. The first-order chi connectivity index (χ1) is 26.0. The molecule has 2 aliphatic heterocycles. The van der Waals surface area contributed by atoms with Crippen LogP contribution in [-0.4, -0.2) is 160 Å². The summed E-state index contributed by atoms with van der Waals surface area (Å²) in [6, 6.07) is 2.76. The molecular formula is C38H62N10O6. The Morgan fingerprint density at radius 2 is 1.04 bits per heavy atom. The molecule has 2 amide bonds. The number of hydrogen-bond acceptors (Lipinski definition) is 12. The fraction of sp³-hybridized carbons (Fsp3) is 0.632. The van der Waals surface area contributed by atoms with Crippen molar-refractivity contribution in [1.29, 1.82) is 0 Å². The molecule has 2 heterocycles. The largest absolute Gasteiger partial charge is 0.478 e. The number of fused-ring (bicyclic) bond motifs is 1. The average molecular weight is 755 g/mol. The second-order valence-corrected chi connectivity index (χ2v) is 14.8. The van der Waals surface area contributed by atoms with Crippen LogP contribution in [0.15, 0.2) is 12.1 Å². The minimum atomic E-state index is -1.36. The molecule has 16 nitrogen and oxygen atoms in total. The van der Waals surface area contributed by atoms with E-state index in [1.807, 2.05) is 38.0 Å². The quantitative estimate of drug-likeness (QED) is 0.0646. The van der Waals surface area contributed by atoms with E-state index in [9.17, 15) is 29.4 Å². The van der Waals surface area contributed by atoms with Gasteiger partial charge in [0.2, 0.25) is 0 Å². The van der Waals surface area contributed by atoms with Crippen LogP contribution in [0.25, 0.3) is 10.8 Å². The number of carbonyl (C=O) groups is 4. The summed E-state index contributed by atoms with van der Waals surface area (Å²) in [6.07, 6.45) is 8.19. The molecule has 2 fully saturated rings. The second kappa shape index (κ2) is 21.7. The molecule has 2 saturated heterocycles. The molecule has 4 rings (SSSR count). The topological polar surface area (TPSA) is 194 Å². The van der Waals surface area contributed by atoms with Crippen LogP contribution in [0.1, 0.15) is 92.8 Å². The Kier molecular flexibility index (Phi) is 17.2. The zero-order valence-corrected chi connectivity index (χ0v) is 32.6. The summed E-state index contributed by atoms with van der Waals surface area (Å²) >= 11 is 0. The summed E-state index contributed by atoms with van der Waals surface area (Å²) in [5, 5.41) is 27.7. The standard InChI is InChI=1S/C38H62N10O6/c1-45(2)17-11-13-41-43-35(49)27-25-29(39-15-23-47-19-7-5-8-20-47)33(36(50)44-42-14-12-18-46(3)4)32-28(37(51)52)26-30(34(31(27)32)38(53)54)40-16-24-48-21-9-6-10-22-48/h25-26,39-42H,5-24H2,1-4H3,(H,43,49)(H,44,50)(H,51,52)(H,53,54). The van der Waals surface area contributed by atoms with Crippen LogP contribution in [-0.2, 0) is 0 Å². The third kappa shape index (κ3) is 12.5. The smallest absolute Gasteiger partial charge is 0.338 e. The van der Waals surface area contributed by atoms with Crippen LogP contribution in [0, 0.1) is 0 Å². The van der Waals surface area contributed by atoms with Gasteiger partial charge < -0.3 is 40.4 Å². The van der Waals surface area contributed by atoms with Crippen LogP contribution >= 0.6 is 0 Å². The van der Waals surface area contributed by atoms with Gasteiger partial charge in [-0.25, -0.2) is 20.4 Å². The van der Waals surface area contributed by atoms with Crippen molar-refractivity contribution < 1.29 is 29.4 Å². The minimum absolute atomic E-state index is 0.0565. The van der Waals surface area contributed by atoms with E-state index in [2.05, 4.69) is 42.1 Å². The van der Waals surface area contributed by atoms with E-state index in [0.29, 0.717) is 39.3 Å². The number of carboxylic acid groups (broad SMARTS) is 2. The number of nitrogens with one attached hydrogen (secondary N) is 6. The maximum atomic E-state index is 14.2. The van der Waals surface area contributed by atoms with Gasteiger partial charge in [-0.2, -0.15) is 0 Å². The van der Waals surface area contributed by atoms with Crippen LogP contribution in [0.3, 0.4) is 0 Å². The summed E-state index contributed by atoms with van der Waals surface area (Å²) in [5.41, 5.74) is 10.9. The van der Waals surface area contributed by atoms with E-state index >= 15 is 0 Å². The van der Waals surface area contributed by atoms with Crippen molar-refractivity contribution in [2.24, 2.45) is 0 Å². The molecule has 0 bridgehead atoms. The van der Waals surface area contributed by atoms with E-state index in [-0.39, 0.29) is 44.4 Å². The second-order valence-electron chi connectivity index (χ2n) is 14.8. The molecule has 0 atom stereocenters. The Balaban J connectivity index is 1.84. The van der Waals surface area contributed by atoms with Gasteiger partial charge in [-0.15, -0.1) is 0 Å². The van der Waals surface area contributed by atoms with Crippen LogP contribution in [0.4, 0.5) is 11.4 Å². The fourth-order valence-corrected chi connectivity index (χ4v) is 7.17. The molecule has 300 valence electrons. The maximum absolute atomic E-state index is 14.2. The number of nitrogens with zero attached hydrogens (tertiary/aromatic N) is 4. The van der Waals surface area contributed by atoms with E-state index in [0.717, 1.165) is 77.8 Å². The normalized spacial score (nSPS) is 15.4. The highest BCUT2D eigenvalue weighted by Gasteiger charge is 2.31. The van der Waals surface area contributed by atoms with Crippen molar-refractivity contribution in [2.45, 2.75) is 51.4 Å². The van der Waals surface area contributed by atoms with Gasteiger partial charge in [0, 0.05) is 55.7 Å². The molecule has 0 unspecified atom stereocenters. The van der Waals surface area contributed by atoms with Gasteiger partial charge in [-0.05, 0) is 118 Å². The molecule has 8 N–H and O–H groups in total. The summed E-state index contributed by atoms with van der Waals surface area (Å²) in [5.74, 6) is -4.02. The number of rotatable bonds is 22. The average Bonchev–Trinajstić information content (AvgIpc) is 3.14. The van der Waals surface area contributed by atoms with Gasteiger partial charge in [0.15, 0.2) is 0 Å². The number of amides is 2. The first-order valence-corrected chi connectivity index (χ1v) is 19.4. The number of anilines is 2. The van der Waals surface area contributed by atoms with E-state index in [1.54, 1.807) is 0 Å². The van der Waals surface area contributed by atoms with Gasteiger partial charge in [0.05, 0.1) is 27.9 Å². The first-order valence-electron chi connectivity index (χ1n) is 19.4. The Hall–Kier alpha value is -4.06. The highest BCUT2D eigenvalue weighted by molar-refractivity contribution is 6.27. The van der Waals surface area contributed by atoms with Gasteiger partial charge in [-0.1, -0.05) is 12.8 Å². The monoisotopic (exact) mass is 754 g/mol. The summed E-state index contributed by atoms with van der Waals surface area (Å²) in [4.78, 5) is 63.3. The minimum Gasteiger partial charge on any atom is -0.478 e. The number of aromatic carboxylic acids is 2. The number of carboxylic acids is 2. The van der Waals surface area contributed by atoms with Gasteiger partial charge in [0.25, 0.3) is 11.8 Å². The van der Waals surface area contributed by atoms with Crippen LogP contribution < -0.4 is 32.3 Å². The van der Waals surface area contributed by atoms with Gasteiger partial charge in [-0.3, -0.25) is 20.4 Å². The Bertz CT molecular complexity index is 1570. The summed E-state index contributed by atoms with van der Waals surface area (Å²) in [6.45, 7) is 8.30. The summed E-state index contributed by atoms with van der Waals surface area (Å²) in [7, 11) is 7.81. The predicted octanol–water partition coefficient (Wildman–Crippen LogP) is 2.40. The SMILES string of the molecule is CN(C)CCCNNC(=O)c1cc(NCCN2CCCCC2)c(C(=O)NNCCCN(C)C)c2c(C(=O)O)cc(NCCN3CCCCC3)c(C(=O)O)c12. The molecule has 2 aromatic carbocycles. The number of benzene rings is 2. The predicted molar refractivity (Wildman–Crippen MR) is 213 cm³/mol. The molecule has 0 saturated carbocycles. The van der Waals surface area contributed by atoms with Gasteiger partial charge in [0.1, 0.15) is 0 Å². The molecule has 2 aliphatic rings. The number of carbonyl (C=O) groups excluding carboxylic acids is 2.